The normalized spacial score (nSPS) is 10.5. The van der Waals surface area contributed by atoms with E-state index in [-0.39, 0.29) is 18.3 Å². The van der Waals surface area contributed by atoms with Crippen LogP contribution in [0.4, 0.5) is 15.8 Å². The van der Waals surface area contributed by atoms with Gasteiger partial charge in [-0.05, 0) is 54.3 Å². The molecule has 0 saturated carbocycles. The minimum Gasteiger partial charge on any atom is -0.395 e. The first-order valence-corrected chi connectivity index (χ1v) is 8.95. The molecule has 0 aliphatic rings. The van der Waals surface area contributed by atoms with Gasteiger partial charge in [0.25, 0.3) is 5.91 Å². The number of nitrogens with zero attached hydrogens (tertiary/aromatic N) is 1. The van der Waals surface area contributed by atoms with Crippen LogP contribution in [-0.2, 0) is 5.75 Å². The van der Waals surface area contributed by atoms with Gasteiger partial charge in [0, 0.05) is 36.3 Å². The summed E-state index contributed by atoms with van der Waals surface area (Å²) in [6.45, 7) is 0.622. The number of rotatable bonds is 7. The lowest BCUT2D eigenvalue weighted by Crippen LogP contribution is -2.21. The van der Waals surface area contributed by atoms with Crippen molar-refractivity contribution in [2.45, 2.75) is 5.75 Å². The summed E-state index contributed by atoms with van der Waals surface area (Å²) in [5, 5.41) is 11.8. The van der Waals surface area contributed by atoms with Crippen molar-refractivity contribution in [3.05, 3.63) is 59.4 Å². The second kappa shape index (κ2) is 8.70. The Morgan fingerprint density at radius 1 is 1.25 bits per heavy atom. The summed E-state index contributed by atoms with van der Waals surface area (Å²) < 4.78 is 13.7. The molecule has 2 rings (SSSR count). The third kappa shape index (κ3) is 4.72. The molecule has 0 fully saturated rings. The molecule has 0 aromatic heterocycles. The molecule has 24 heavy (non-hydrogen) atoms. The van der Waals surface area contributed by atoms with E-state index >= 15 is 0 Å². The maximum Gasteiger partial charge on any atom is 0.255 e. The number of likely N-dealkylation sites (N-methyl/N-ethyl adjacent to an activating group) is 1. The molecule has 0 heterocycles. The van der Waals surface area contributed by atoms with Crippen molar-refractivity contribution in [1.82, 2.24) is 0 Å². The van der Waals surface area contributed by atoms with Crippen LogP contribution < -0.4 is 10.2 Å². The van der Waals surface area contributed by atoms with E-state index in [4.69, 9.17) is 5.11 Å². The molecule has 0 radical (unpaired) electrons. The van der Waals surface area contributed by atoms with Crippen molar-refractivity contribution in [3.8, 4) is 0 Å². The zero-order valence-electron chi connectivity index (χ0n) is 13.8. The number of hydrogen-bond acceptors (Lipinski definition) is 4. The Bertz CT molecular complexity index is 692. The van der Waals surface area contributed by atoms with Crippen LogP contribution in [-0.4, -0.2) is 37.5 Å². The van der Waals surface area contributed by atoms with E-state index in [0.717, 1.165) is 5.69 Å². The molecule has 0 unspecified atom stereocenters. The van der Waals surface area contributed by atoms with Gasteiger partial charge in [0.2, 0.25) is 0 Å². The van der Waals surface area contributed by atoms with Crippen molar-refractivity contribution in [2.75, 3.05) is 36.7 Å². The molecule has 0 bridgehead atoms. The number of anilines is 2. The van der Waals surface area contributed by atoms with Crippen molar-refractivity contribution < 1.29 is 14.3 Å². The van der Waals surface area contributed by atoms with Gasteiger partial charge in [-0.15, -0.1) is 0 Å². The summed E-state index contributed by atoms with van der Waals surface area (Å²) in [7, 11) is 1.88. The number of carbonyl (C=O) groups excluding carboxylic acids is 1. The number of benzene rings is 2. The fraction of sp³-hybridized carbons (Fsp3) is 0.278. The van der Waals surface area contributed by atoms with Crippen molar-refractivity contribution >= 4 is 29.0 Å². The molecule has 0 spiro atoms. The molecule has 6 heteroatoms. The number of nitrogens with one attached hydrogen (secondary N) is 1. The Labute approximate surface area is 145 Å². The number of amides is 1. The van der Waals surface area contributed by atoms with Crippen LogP contribution in [0.3, 0.4) is 0 Å². The van der Waals surface area contributed by atoms with Crippen LogP contribution in [0, 0.1) is 5.82 Å². The van der Waals surface area contributed by atoms with E-state index in [1.165, 1.54) is 23.9 Å². The van der Waals surface area contributed by atoms with Crippen molar-refractivity contribution in [2.24, 2.45) is 0 Å². The quantitative estimate of drug-likeness (QED) is 0.805. The van der Waals surface area contributed by atoms with Gasteiger partial charge < -0.3 is 15.3 Å². The molecule has 2 aromatic rings. The highest BCUT2D eigenvalue weighted by Crippen LogP contribution is 2.19. The van der Waals surface area contributed by atoms with Crippen molar-refractivity contribution in [1.29, 1.82) is 0 Å². The van der Waals surface area contributed by atoms with Gasteiger partial charge in [-0.1, -0.05) is 0 Å². The van der Waals surface area contributed by atoms with E-state index in [1.54, 1.807) is 18.2 Å². The van der Waals surface area contributed by atoms with Gasteiger partial charge in [0.1, 0.15) is 5.82 Å². The number of carbonyl (C=O) groups is 1. The second-order valence-corrected chi connectivity index (χ2v) is 6.25. The van der Waals surface area contributed by atoms with Gasteiger partial charge >= 0.3 is 0 Å². The summed E-state index contributed by atoms with van der Waals surface area (Å²) in [5.41, 5.74) is 2.57. The minimum atomic E-state index is -0.294. The first kappa shape index (κ1) is 18.3. The molecule has 128 valence electrons. The lowest BCUT2D eigenvalue weighted by atomic mass is 10.1. The summed E-state index contributed by atoms with van der Waals surface area (Å²) >= 11 is 1.51. The number of halogens is 1. The van der Waals surface area contributed by atoms with Crippen LogP contribution in [0.2, 0.25) is 0 Å². The Morgan fingerprint density at radius 3 is 2.58 bits per heavy atom. The minimum absolute atomic E-state index is 0.0813. The monoisotopic (exact) mass is 348 g/mol. The zero-order chi connectivity index (χ0) is 17.5. The van der Waals surface area contributed by atoms with Gasteiger partial charge in [-0.2, -0.15) is 11.8 Å². The molecule has 2 aromatic carbocycles. The fourth-order valence-electron chi connectivity index (χ4n) is 2.26. The first-order chi connectivity index (χ1) is 11.5. The van der Waals surface area contributed by atoms with Crippen LogP contribution in [0.15, 0.2) is 42.5 Å². The maximum absolute atomic E-state index is 13.7. The maximum atomic E-state index is 13.7. The molecule has 4 nitrogen and oxygen atoms in total. The Morgan fingerprint density at radius 2 is 1.96 bits per heavy atom. The molecular formula is C18H21FN2O2S. The number of thioether (sulfide) groups is 1. The number of hydrogen-bond donors (Lipinski definition) is 2. The van der Waals surface area contributed by atoms with Gasteiger partial charge in [0.15, 0.2) is 0 Å². The topological polar surface area (TPSA) is 52.6 Å². The summed E-state index contributed by atoms with van der Waals surface area (Å²) in [6, 6.07) is 11.7. The third-order valence-electron chi connectivity index (χ3n) is 3.61. The highest BCUT2D eigenvalue weighted by atomic mass is 32.2. The lowest BCUT2D eigenvalue weighted by Gasteiger charge is -2.18. The molecule has 0 atom stereocenters. The van der Waals surface area contributed by atoms with Crippen LogP contribution in [0.5, 0.6) is 0 Å². The predicted molar refractivity (Wildman–Crippen MR) is 98.4 cm³/mol. The smallest absolute Gasteiger partial charge is 0.255 e. The van der Waals surface area contributed by atoms with E-state index < -0.39 is 0 Å². The second-order valence-electron chi connectivity index (χ2n) is 5.39. The summed E-state index contributed by atoms with van der Waals surface area (Å²) in [6.07, 6.45) is 1.89. The van der Waals surface area contributed by atoms with E-state index in [9.17, 15) is 9.18 Å². The van der Waals surface area contributed by atoms with E-state index in [1.807, 2.05) is 30.3 Å². The highest BCUT2D eigenvalue weighted by Gasteiger charge is 2.10. The first-order valence-electron chi connectivity index (χ1n) is 7.56. The molecule has 2 N–H and O–H groups in total. The Kier molecular flexibility index (Phi) is 6.63. The Balaban J connectivity index is 2.08. The summed E-state index contributed by atoms with van der Waals surface area (Å²) in [4.78, 5) is 14.2. The SMILES string of the molecule is CSCc1cc(C(=O)Nc2ccc(N(C)CCO)cc2)ccc1F. The van der Waals surface area contributed by atoms with Crippen molar-refractivity contribution in [3.63, 3.8) is 0 Å². The van der Waals surface area contributed by atoms with Gasteiger partial charge in [-0.3, -0.25) is 4.79 Å². The summed E-state index contributed by atoms with van der Waals surface area (Å²) in [5.74, 6) is -0.0373. The lowest BCUT2D eigenvalue weighted by molar-refractivity contribution is 0.102. The molecule has 1 amide bonds. The van der Waals surface area contributed by atoms with E-state index in [2.05, 4.69) is 5.32 Å². The standard InChI is InChI=1S/C18H21FN2O2S/c1-21(9-10-22)16-6-4-15(5-7-16)20-18(23)13-3-8-17(19)14(11-13)12-24-2/h3-8,11,22H,9-10,12H2,1-2H3,(H,20,23). The molecular weight excluding hydrogens is 327 g/mol. The van der Waals surface area contributed by atoms with Crippen LogP contribution >= 0.6 is 11.8 Å². The highest BCUT2D eigenvalue weighted by molar-refractivity contribution is 7.97. The largest absolute Gasteiger partial charge is 0.395 e. The number of aliphatic hydroxyl groups is 1. The zero-order valence-corrected chi connectivity index (χ0v) is 14.6. The third-order valence-corrected chi connectivity index (χ3v) is 4.21. The molecule has 0 saturated heterocycles. The van der Waals surface area contributed by atoms with Gasteiger partial charge in [0.05, 0.1) is 6.61 Å². The van der Waals surface area contributed by atoms with E-state index in [0.29, 0.717) is 29.1 Å². The fourth-order valence-corrected chi connectivity index (χ4v) is 2.80. The molecule has 0 aliphatic heterocycles. The number of aliphatic hydroxyl groups excluding tert-OH is 1. The molecule has 0 aliphatic carbocycles. The van der Waals surface area contributed by atoms with Crippen LogP contribution in [0.1, 0.15) is 15.9 Å². The average molecular weight is 348 g/mol. The van der Waals surface area contributed by atoms with Crippen LogP contribution in [0.25, 0.3) is 0 Å². The average Bonchev–Trinajstić information content (AvgIpc) is 2.58. The Hall–Kier alpha value is -2.05. The predicted octanol–water partition coefficient (Wildman–Crippen LogP) is 3.37. The van der Waals surface area contributed by atoms with Gasteiger partial charge in [-0.25, -0.2) is 4.39 Å².